The predicted octanol–water partition coefficient (Wildman–Crippen LogP) is 2.96. The predicted molar refractivity (Wildman–Crippen MR) is 108 cm³/mol. The maximum absolute atomic E-state index is 13.3. The van der Waals surface area contributed by atoms with Crippen LogP contribution < -0.4 is 10.6 Å². The maximum atomic E-state index is 13.3. The van der Waals surface area contributed by atoms with Gasteiger partial charge in [0.15, 0.2) is 0 Å². The van der Waals surface area contributed by atoms with E-state index in [1.54, 1.807) is 12.1 Å². The van der Waals surface area contributed by atoms with Crippen molar-refractivity contribution < 1.29 is 22.8 Å². The van der Waals surface area contributed by atoms with E-state index in [2.05, 4.69) is 0 Å². The lowest BCUT2D eigenvalue weighted by Crippen LogP contribution is -2.59. The van der Waals surface area contributed by atoms with Crippen LogP contribution in [0.3, 0.4) is 0 Å². The molecular formula is C22H21F3N4O2. The van der Waals surface area contributed by atoms with Crippen LogP contribution in [0.5, 0.6) is 0 Å². The molecule has 1 aliphatic rings. The minimum absolute atomic E-state index is 0.0505. The Kier molecular flexibility index (Phi) is 6.20. The Morgan fingerprint density at radius 2 is 1.84 bits per heavy atom. The van der Waals surface area contributed by atoms with E-state index in [0.29, 0.717) is 5.56 Å². The summed E-state index contributed by atoms with van der Waals surface area (Å²) < 4.78 is 40.0. The number of benzene rings is 2. The molecule has 0 aromatic heterocycles. The van der Waals surface area contributed by atoms with Crippen LogP contribution in [0, 0.1) is 11.3 Å². The number of nitrogens with two attached hydrogens (primary N) is 1. The highest BCUT2D eigenvalue weighted by Crippen LogP contribution is 2.35. The highest BCUT2D eigenvalue weighted by atomic mass is 19.4. The number of nitriles is 1. The summed E-state index contributed by atoms with van der Waals surface area (Å²) >= 11 is 0. The third kappa shape index (κ3) is 4.63. The summed E-state index contributed by atoms with van der Waals surface area (Å²) in [6, 6.07) is 10.9. The zero-order valence-corrected chi connectivity index (χ0v) is 16.8. The topological polar surface area (TPSA) is 90.4 Å². The molecular weight excluding hydrogens is 409 g/mol. The zero-order chi connectivity index (χ0) is 22.8. The number of hydrogen-bond donors (Lipinski definition) is 1. The van der Waals surface area contributed by atoms with Crippen molar-refractivity contribution in [1.29, 1.82) is 5.26 Å². The Morgan fingerprint density at radius 3 is 2.39 bits per heavy atom. The van der Waals surface area contributed by atoms with Gasteiger partial charge in [-0.3, -0.25) is 9.59 Å². The second-order valence-corrected chi connectivity index (χ2v) is 7.25. The van der Waals surface area contributed by atoms with Gasteiger partial charge in [-0.25, -0.2) is 0 Å². The smallest absolute Gasteiger partial charge is 0.368 e. The SMILES string of the molecule is CCc1ccc(C(=O)N2CCN(c3ccc(C#N)c(C(F)(F)F)c3)C(C(N)=O)C2)cc1. The summed E-state index contributed by atoms with van der Waals surface area (Å²) in [5.74, 6) is -1.03. The molecule has 31 heavy (non-hydrogen) atoms. The van der Waals surface area contributed by atoms with Crippen molar-refractivity contribution in [3.63, 3.8) is 0 Å². The first-order valence-electron chi connectivity index (χ1n) is 9.71. The van der Waals surface area contributed by atoms with Crippen molar-refractivity contribution in [3.05, 3.63) is 64.7 Å². The molecule has 0 spiro atoms. The molecule has 6 nitrogen and oxygen atoms in total. The molecule has 2 aromatic rings. The fraction of sp³-hybridized carbons (Fsp3) is 0.318. The second-order valence-electron chi connectivity index (χ2n) is 7.25. The second kappa shape index (κ2) is 8.68. The van der Waals surface area contributed by atoms with Gasteiger partial charge in [-0.05, 0) is 42.3 Å². The quantitative estimate of drug-likeness (QED) is 0.808. The molecule has 9 heteroatoms. The molecule has 1 heterocycles. The Hall–Kier alpha value is -3.54. The van der Waals surface area contributed by atoms with E-state index >= 15 is 0 Å². The number of nitrogens with zero attached hydrogens (tertiary/aromatic N) is 3. The van der Waals surface area contributed by atoms with Crippen molar-refractivity contribution >= 4 is 17.5 Å². The molecule has 1 saturated heterocycles. The van der Waals surface area contributed by atoms with Gasteiger partial charge in [-0.1, -0.05) is 19.1 Å². The summed E-state index contributed by atoms with van der Waals surface area (Å²) in [7, 11) is 0. The molecule has 1 unspecified atom stereocenters. The molecule has 2 aromatic carbocycles. The fourth-order valence-corrected chi connectivity index (χ4v) is 3.63. The molecule has 1 fully saturated rings. The molecule has 3 rings (SSSR count). The first-order chi connectivity index (χ1) is 14.7. The van der Waals surface area contributed by atoms with Crippen LogP contribution in [0.1, 0.15) is 34.0 Å². The van der Waals surface area contributed by atoms with E-state index in [0.717, 1.165) is 24.1 Å². The number of carbonyl (C=O) groups is 2. The van der Waals surface area contributed by atoms with E-state index in [1.165, 1.54) is 21.9 Å². The van der Waals surface area contributed by atoms with Gasteiger partial charge in [0.1, 0.15) is 6.04 Å². The Morgan fingerprint density at radius 1 is 1.16 bits per heavy atom. The summed E-state index contributed by atoms with van der Waals surface area (Å²) in [4.78, 5) is 27.9. The fourth-order valence-electron chi connectivity index (χ4n) is 3.63. The molecule has 0 aliphatic carbocycles. The third-order valence-corrected chi connectivity index (χ3v) is 5.37. The number of carbonyl (C=O) groups excluding carboxylic acids is 2. The van der Waals surface area contributed by atoms with Gasteiger partial charge in [0.25, 0.3) is 5.91 Å². The maximum Gasteiger partial charge on any atom is 0.417 e. The van der Waals surface area contributed by atoms with Crippen molar-refractivity contribution in [2.45, 2.75) is 25.6 Å². The number of rotatable bonds is 4. The van der Waals surface area contributed by atoms with Crippen LogP contribution in [-0.2, 0) is 17.4 Å². The number of anilines is 1. The minimum Gasteiger partial charge on any atom is -0.368 e. The first kappa shape index (κ1) is 22.2. The number of hydrogen-bond acceptors (Lipinski definition) is 4. The number of amides is 2. The van der Waals surface area contributed by atoms with Crippen LogP contribution in [0.15, 0.2) is 42.5 Å². The number of aryl methyl sites for hydroxylation is 1. The van der Waals surface area contributed by atoms with E-state index in [9.17, 15) is 22.8 Å². The van der Waals surface area contributed by atoms with Crippen LogP contribution in [-0.4, -0.2) is 42.4 Å². The van der Waals surface area contributed by atoms with E-state index < -0.39 is 29.3 Å². The van der Waals surface area contributed by atoms with Gasteiger partial charge in [-0.15, -0.1) is 0 Å². The Balaban J connectivity index is 1.86. The number of halogens is 3. The third-order valence-electron chi connectivity index (χ3n) is 5.37. The molecule has 0 bridgehead atoms. The lowest BCUT2D eigenvalue weighted by atomic mass is 10.0. The number of piperazine rings is 1. The van der Waals surface area contributed by atoms with Crippen LogP contribution in [0.4, 0.5) is 18.9 Å². The highest BCUT2D eigenvalue weighted by molar-refractivity contribution is 5.95. The van der Waals surface area contributed by atoms with Gasteiger partial charge in [0.05, 0.1) is 23.7 Å². The normalized spacial score (nSPS) is 16.7. The summed E-state index contributed by atoms with van der Waals surface area (Å²) in [5, 5.41) is 8.98. The molecule has 2 N–H and O–H groups in total. The molecule has 162 valence electrons. The largest absolute Gasteiger partial charge is 0.417 e. The number of alkyl halides is 3. The molecule has 0 saturated carbocycles. The van der Waals surface area contributed by atoms with Gasteiger partial charge >= 0.3 is 6.18 Å². The summed E-state index contributed by atoms with van der Waals surface area (Å²) in [6.07, 6.45) is -3.88. The van der Waals surface area contributed by atoms with Gasteiger partial charge < -0.3 is 15.5 Å². The summed E-state index contributed by atoms with van der Waals surface area (Å²) in [5.41, 5.74) is 5.60. The lowest BCUT2D eigenvalue weighted by Gasteiger charge is -2.41. The van der Waals surface area contributed by atoms with Gasteiger partial charge in [0, 0.05) is 24.3 Å². The van der Waals surface area contributed by atoms with Crippen molar-refractivity contribution in [2.24, 2.45) is 5.73 Å². The van der Waals surface area contributed by atoms with Crippen molar-refractivity contribution in [1.82, 2.24) is 4.90 Å². The molecule has 1 aliphatic heterocycles. The van der Waals surface area contributed by atoms with E-state index in [1.807, 2.05) is 19.1 Å². The first-order valence-corrected chi connectivity index (χ1v) is 9.71. The Labute approximate surface area is 177 Å². The summed E-state index contributed by atoms with van der Waals surface area (Å²) in [6.45, 7) is 2.28. The zero-order valence-electron chi connectivity index (χ0n) is 16.8. The standard InChI is InChI=1S/C22H21F3N4O2/c1-2-14-3-5-15(6-4-14)21(31)28-9-10-29(19(13-28)20(27)30)17-8-7-16(12-26)18(11-17)22(23,24)25/h3-8,11,19H,2,9-10,13H2,1H3,(H2,27,30). The van der Waals surface area contributed by atoms with E-state index in [-0.39, 0.29) is 31.2 Å². The van der Waals surface area contributed by atoms with Crippen LogP contribution in [0.2, 0.25) is 0 Å². The van der Waals surface area contributed by atoms with Crippen molar-refractivity contribution in [2.75, 3.05) is 24.5 Å². The van der Waals surface area contributed by atoms with Gasteiger partial charge in [-0.2, -0.15) is 18.4 Å². The molecule has 2 amide bonds. The van der Waals surface area contributed by atoms with Crippen LogP contribution in [0.25, 0.3) is 0 Å². The number of primary amides is 1. The van der Waals surface area contributed by atoms with Crippen LogP contribution >= 0.6 is 0 Å². The average molecular weight is 430 g/mol. The lowest BCUT2D eigenvalue weighted by molar-refractivity contribution is -0.137. The van der Waals surface area contributed by atoms with E-state index in [4.69, 9.17) is 11.0 Å². The molecule has 0 radical (unpaired) electrons. The Bertz CT molecular complexity index is 1030. The minimum atomic E-state index is -4.72. The average Bonchev–Trinajstić information content (AvgIpc) is 2.77. The molecule has 1 atom stereocenters. The van der Waals surface area contributed by atoms with Crippen molar-refractivity contribution in [3.8, 4) is 6.07 Å². The monoisotopic (exact) mass is 430 g/mol. The highest BCUT2D eigenvalue weighted by Gasteiger charge is 2.37. The van der Waals surface area contributed by atoms with Gasteiger partial charge in [0.2, 0.25) is 5.91 Å².